The Balaban J connectivity index is 2.02. The van der Waals surface area contributed by atoms with E-state index in [0.717, 1.165) is 24.2 Å². The molecule has 1 fully saturated rings. The lowest BCUT2D eigenvalue weighted by molar-refractivity contribution is 0.506. The summed E-state index contributed by atoms with van der Waals surface area (Å²) in [5.74, 6) is -1.57. The first-order valence-electron chi connectivity index (χ1n) is 5.02. The second-order valence-electron chi connectivity index (χ2n) is 3.89. The monoisotopic (exact) mass is 229 g/mol. The highest BCUT2D eigenvalue weighted by Crippen LogP contribution is 2.34. The second-order valence-corrected chi connectivity index (χ2v) is 5.26. The predicted molar refractivity (Wildman–Crippen MR) is 57.8 cm³/mol. The van der Waals surface area contributed by atoms with E-state index in [1.54, 1.807) is 17.8 Å². The molecule has 0 radical (unpaired) electrons. The van der Waals surface area contributed by atoms with Crippen molar-refractivity contribution in [2.75, 3.05) is 0 Å². The predicted octanol–water partition coefficient (Wildman–Crippen LogP) is 2.94. The van der Waals surface area contributed by atoms with Crippen LogP contribution in [0, 0.1) is 11.6 Å². The first kappa shape index (κ1) is 10.9. The van der Waals surface area contributed by atoms with Crippen LogP contribution in [0.4, 0.5) is 8.78 Å². The van der Waals surface area contributed by atoms with E-state index in [9.17, 15) is 8.78 Å². The minimum absolute atomic E-state index is 0.271. The maximum absolute atomic E-state index is 12.9. The minimum atomic E-state index is -0.789. The fraction of sp³-hybridized carbons (Fsp3) is 0.455. The van der Waals surface area contributed by atoms with Crippen LogP contribution in [0.5, 0.6) is 0 Å². The lowest BCUT2D eigenvalue weighted by atomic mass is 10.3. The zero-order chi connectivity index (χ0) is 10.8. The van der Waals surface area contributed by atoms with Crippen LogP contribution in [0.25, 0.3) is 0 Å². The molecule has 0 aromatic heterocycles. The molecule has 82 valence electrons. The molecular formula is C11H13F2NS. The third-order valence-corrected chi connectivity index (χ3v) is 3.91. The van der Waals surface area contributed by atoms with Gasteiger partial charge in [0.15, 0.2) is 11.6 Å². The lowest BCUT2D eigenvalue weighted by Crippen LogP contribution is -2.15. The van der Waals surface area contributed by atoms with Crippen molar-refractivity contribution in [2.24, 2.45) is 5.73 Å². The van der Waals surface area contributed by atoms with Gasteiger partial charge in [0.2, 0.25) is 0 Å². The first-order chi connectivity index (χ1) is 7.15. The molecule has 1 nitrogen and oxygen atoms in total. The molecule has 1 aromatic rings. The largest absolute Gasteiger partial charge is 0.328 e. The average molecular weight is 229 g/mol. The highest BCUT2D eigenvalue weighted by Gasteiger charge is 2.22. The zero-order valence-corrected chi connectivity index (χ0v) is 9.07. The summed E-state index contributed by atoms with van der Waals surface area (Å²) in [6, 6.07) is 4.32. The van der Waals surface area contributed by atoms with Crippen LogP contribution in [0.1, 0.15) is 19.3 Å². The number of benzene rings is 1. The summed E-state index contributed by atoms with van der Waals surface area (Å²) in [6.07, 6.45) is 3.05. The molecule has 1 aliphatic carbocycles. The van der Waals surface area contributed by atoms with Crippen LogP contribution < -0.4 is 5.73 Å². The van der Waals surface area contributed by atoms with Gasteiger partial charge in [-0.3, -0.25) is 0 Å². The minimum Gasteiger partial charge on any atom is -0.328 e. The molecule has 1 aromatic carbocycles. The van der Waals surface area contributed by atoms with Crippen LogP contribution in [0.3, 0.4) is 0 Å². The van der Waals surface area contributed by atoms with Crippen LogP contribution in [-0.4, -0.2) is 11.3 Å². The van der Waals surface area contributed by atoms with Gasteiger partial charge in [0.05, 0.1) is 0 Å². The first-order valence-corrected chi connectivity index (χ1v) is 5.90. The Hall–Kier alpha value is -0.610. The molecule has 2 rings (SSSR count). The van der Waals surface area contributed by atoms with Crippen molar-refractivity contribution in [3.05, 3.63) is 29.8 Å². The molecule has 2 unspecified atom stereocenters. The Morgan fingerprint density at radius 2 is 2.00 bits per heavy atom. The van der Waals surface area contributed by atoms with E-state index in [1.165, 1.54) is 12.1 Å². The van der Waals surface area contributed by atoms with Gasteiger partial charge in [0, 0.05) is 16.2 Å². The maximum atomic E-state index is 12.9. The number of nitrogens with two attached hydrogens (primary N) is 1. The molecule has 15 heavy (non-hydrogen) atoms. The molecule has 1 saturated carbocycles. The topological polar surface area (TPSA) is 26.0 Å². The molecule has 0 saturated heterocycles. The number of rotatable bonds is 2. The van der Waals surface area contributed by atoms with Gasteiger partial charge in [0.25, 0.3) is 0 Å². The highest BCUT2D eigenvalue weighted by molar-refractivity contribution is 8.00. The summed E-state index contributed by atoms with van der Waals surface area (Å²) in [6.45, 7) is 0. The molecule has 0 aliphatic heterocycles. The van der Waals surface area contributed by atoms with E-state index in [0.29, 0.717) is 5.25 Å². The number of hydrogen-bond acceptors (Lipinski definition) is 2. The molecule has 2 N–H and O–H groups in total. The van der Waals surface area contributed by atoms with Crippen molar-refractivity contribution in [1.82, 2.24) is 0 Å². The Labute approximate surface area is 92.0 Å². The number of halogens is 2. The van der Waals surface area contributed by atoms with E-state index in [4.69, 9.17) is 5.73 Å². The molecule has 2 atom stereocenters. The summed E-state index contributed by atoms with van der Waals surface area (Å²) in [5.41, 5.74) is 5.79. The summed E-state index contributed by atoms with van der Waals surface area (Å²) < 4.78 is 25.6. The average Bonchev–Trinajstić information content (AvgIpc) is 2.58. The molecule has 0 heterocycles. The molecule has 0 spiro atoms. The standard InChI is InChI=1S/C11H13F2NS/c12-10-4-3-9(6-11(10)13)15-8-2-1-7(14)5-8/h3-4,6-8H,1-2,5,14H2. The molecular weight excluding hydrogens is 216 g/mol. The third-order valence-electron chi connectivity index (χ3n) is 2.62. The smallest absolute Gasteiger partial charge is 0.159 e. The highest BCUT2D eigenvalue weighted by atomic mass is 32.2. The van der Waals surface area contributed by atoms with Crippen molar-refractivity contribution in [3.8, 4) is 0 Å². The summed E-state index contributed by atoms with van der Waals surface area (Å²) in [5, 5.41) is 0.449. The lowest BCUT2D eigenvalue weighted by Gasteiger charge is -2.09. The fourth-order valence-electron chi connectivity index (χ4n) is 1.82. The van der Waals surface area contributed by atoms with Crippen LogP contribution >= 0.6 is 11.8 Å². The van der Waals surface area contributed by atoms with Gasteiger partial charge >= 0.3 is 0 Å². The van der Waals surface area contributed by atoms with Crippen molar-refractivity contribution in [1.29, 1.82) is 0 Å². The molecule has 4 heteroatoms. The third kappa shape index (κ3) is 2.69. The van der Waals surface area contributed by atoms with E-state index < -0.39 is 11.6 Å². The van der Waals surface area contributed by atoms with Gasteiger partial charge in [-0.2, -0.15) is 0 Å². The van der Waals surface area contributed by atoms with Crippen molar-refractivity contribution in [2.45, 2.75) is 35.4 Å². The quantitative estimate of drug-likeness (QED) is 0.843. The SMILES string of the molecule is NC1CCC(Sc2ccc(F)c(F)c2)C1. The van der Waals surface area contributed by atoms with Crippen LogP contribution in [0.2, 0.25) is 0 Å². The zero-order valence-electron chi connectivity index (χ0n) is 8.25. The van der Waals surface area contributed by atoms with Crippen molar-refractivity contribution < 1.29 is 8.78 Å². The maximum Gasteiger partial charge on any atom is 0.159 e. The van der Waals surface area contributed by atoms with E-state index in [1.807, 2.05) is 0 Å². The summed E-state index contributed by atoms with van der Waals surface area (Å²) in [4.78, 5) is 0.785. The van der Waals surface area contributed by atoms with Gasteiger partial charge < -0.3 is 5.73 Å². The van der Waals surface area contributed by atoms with E-state index >= 15 is 0 Å². The molecule has 0 bridgehead atoms. The van der Waals surface area contributed by atoms with Gasteiger partial charge in [0.1, 0.15) is 0 Å². The van der Waals surface area contributed by atoms with E-state index in [-0.39, 0.29) is 6.04 Å². The summed E-state index contributed by atoms with van der Waals surface area (Å²) >= 11 is 1.59. The van der Waals surface area contributed by atoms with Gasteiger partial charge in [-0.05, 0) is 37.5 Å². The van der Waals surface area contributed by atoms with E-state index in [2.05, 4.69) is 0 Å². The normalized spacial score (nSPS) is 25.8. The Morgan fingerprint density at radius 1 is 1.20 bits per heavy atom. The second kappa shape index (κ2) is 4.49. The van der Waals surface area contributed by atoms with Crippen molar-refractivity contribution in [3.63, 3.8) is 0 Å². The molecule has 0 amide bonds. The summed E-state index contributed by atoms with van der Waals surface area (Å²) in [7, 11) is 0. The number of thioether (sulfide) groups is 1. The van der Waals surface area contributed by atoms with Gasteiger partial charge in [-0.15, -0.1) is 11.8 Å². The van der Waals surface area contributed by atoms with Gasteiger partial charge in [-0.1, -0.05) is 0 Å². The Morgan fingerprint density at radius 3 is 2.60 bits per heavy atom. The van der Waals surface area contributed by atoms with Crippen molar-refractivity contribution >= 4 is 11.8 Å². The van der Waals surface area contributed by atoms with Crippen LogP contribution in [-0.2, 0) is 0 Å². The molecule has 1 aliphatic rings. The van der Waals surface area contributed by atoms with Gasteiger partial charge in [-0.25, -0.2) is 8.78 Å². The Bertz CT molecular complexity index is 356. The fourth-order valence-corrected chi connectivity index (χ4v) is 3.12. The Kier molecular flexibility index (Phi) is 3.26. The van der Waals surface area contributed by atoms with Crippen LogP contribution in [0.15, 0.2) is 23.1 Å². The number of hydrogen-bond donors (Lipinski definition) is 1.